The number of non-ortho nitro benzene ring substituents is 1. The Morgan fingerprint density at radius 3 is 2.86 bits per heavy atom. The van der Waals surface area contributed by atoms with Crippen LogP contribution < -0.4 is 5.32 Å². The maximum atomic E-state index is 10.7. The van der Waals surface area contributed by atoms with Gasteiger partial charge in [0.15, 0.2) is 5.82 Å². The molecule has 8 nitrogen and oxygen atoms in total. The molecule has 0 saturated heterocycles. The predicted octanol–water partition coefficient (Wildman–Crippen LogP) is 2.63. The zero-order valence-electron chi connectivity index (χ0n) is 12.2. The largest absolute Gasteiger partial charge is 0.383 e. The van der Waals surface area contributed by atoms with E-state index in [-0.39, 0.29) is 17.2 Å². The van der Waals surface area contributed by atoms with Gasteiger partial charge in [0.05, 0.1) is 16.2 Å². The molecule has 0 spiro atoms. The molecule has 1 heterocycles. The summed E-state index contributed by atoms with van der Waals surface area (Å²) in [5.41, 5.74) is 0.653. The molecule has 0 aliphatic rings. The zero-order chi connectivity index (χ0) is 16.1. The number of nitrogens with one attached hydrogen (secondary N) is 1. The Hall–Kier alpha value is -2.95. The number of nitrogens with zero attached hydrogens (tertiary/aromatic N) is 4. The van der Waals surface area contributed by atoms with E-state index in [1.165, 1.54) is 18.2 Å². The van der Waals surface area contributed by atoms with Gasteiger partial charge >= 0.3 is 0 Å². The van der Waals surface area contributed by atoms with Gasteiger partial charge in [0, 0.05) is 31.0 Å². The summed E-state index contributed by atoms with van der Waals surface area (Å²) in [5, 5.41) is 26.6. The van der Waals surface area contributed by atoms with E-state index in [2.05, 4.69) is 15.5 Å². The van der Waals surface area contributed by atoms with Gasteiger partial charge in [-0.25, -0.2) is 0 Å². The van der Waals surface area contributed by atoms with Gasteiger partial charge in [-0.3, -0.25) is 10.1 Å². The van der Waals surface area contributed by atoms with Crippen molar-refractivity contribution >= 4 is 11.4 Å². The molecule has 1 N–H and O–H groups in total. The first kappa shape index (κ1) is 15.4. The van der Waals surface area contributed by atoms with Crippen molar-refractivity contribution in [2.24, 2.45) is 0 Å². The van der Waals surface area contributed by atoms with E-state index in [1.807, 2.05) is 19.9 Å². The van der Waals surface area contributed by atoms with Gasteiger partial charge in [-0.1, -0.05) is 19.0 Å². The maximum Gasteiger partial charge on any atom is 0.270 e. The third kappa shape index (κ3) is 3.58. The van der Waals surface area contributed by atoms with Crippen LogP contribution in [0, 0.1) is 21.4 Å². The summed E-state index contributed by atoms with van der Waals surface area (Å²) < 4.78 is 5.12. The Labute approximate surface area is 126 Å². The summed E-state index contributed by atoms with van der Waals surface area (Å²) in [6.07, 6.45) is 0.502. The summed E-state index contributed by atoms with van der Waals surface area (Å²) in [6.45, 7) is 4.43. The van der Waals surface area contributed by atoms with Gasteiger partial charge in [-0.05, 0) is 6.07 Å². The summed E-state index contributed by atoms with van der Waals surface area (Å²) in [7, 11) is 0. The number of hydrogen-bond donors (Lipinski definition) is 1. The van der Waals surface area contributed by atoms with Crippen LogP contribution in [-0.4, -0.2) is 21.6 Å². The second-order valence-electron chi connectivity index (χ2n) is 4.98. The maximum absolute atomic E-state index is 10.7. The van der Waals surface area contributed by atoms with Crippen molar-refractivity contribution in [2.75, 3.05) is 11.9 Å². The first-order valence-corrected chi connectivity index (χ1v) is 6.76. The fourth-order valence-electron chi connectivity index (χ4n) is 1.80. The monoisotopic (exact) mass is 301 g/mol. The molecule has 0 radical (unpaired) electrons. The number of anilines is 1. The molecule has 0 amide bonds. The highest BCUT2D eigenvalue weighted by molar-refractivity contribution is 5.61. The van der Waals surface area contributed by atoms with Crippen LogP contribution in [-0.2, 0) is 6.42 Å². The Kier molecular flexibility index (Phi) is 4.68. The number of nitro benzene ring substituents is 1. The van der Waals surface area contributed by atoms with Crippen molar-refractivity contribution in [2.45, 2.75) is 26.2 Å². The molecule has 0 atom stereocenters. The third-order valence-electron chi connectivity index (χ3n) is 2.99. The molecule has 2 rings (SSSR count). The fourth-order valence-corrected chi connectivity index (χ4v) is 1.80. The van der Waals surface area contributed by atoms with Crippen LogP contribution in [0.1, 0.15) is 37.0 Å². The molecular weight excluding hydrogens is 286 g/mol. The van der Waals surface area contributed by atoms with Crippen molar-refractivity contribution in [1.29, 1.82) is 5.26 Å². The van der Waals surface area contributed by atoms with Crippen LogP contribution >= 0.6 is 0 Å². The van der Waals surface area contributed by atoms with E-state index in [0.717, 1.165) is 0 Å². The summed E-state index contributed by atoms with van der Waals surface area (Å²) in [5.74, 6) is 1.37. The van der Waals surface area contributed by atoms with Crippen molar-refractivity contribution in [3.63, 3.8) is 0 Å². The lowest BCUT2D eigenvalue weighted by molar-refractivity contribution is -0.384. The van der Waals surface area contributed by atoms with E-state index in [4.69, 9.17) is 9.78 Å². The average Bonchev–Trinajstić information content (AvgIpc) is 2.96. The van der Waals surface area contributed by atoms with Gasteiger partial charge in [-0.2, -0.15) is 10.2 Å². The van der Waals surface area contributed by atoms with E-state index in [0.29, 0.717) is 30.4 Å². The molecule has 22 heavy (non-hydrogen) atoms. The lowest BCUT2D eigenvalue weighted by Gasteiger charge is -2.06. The van der Waals surface area contributed by atoms with Crippen LogP contribution in [0.15, 0.2) is 22.7 Å². The number of rotatable bonds is 6. The minimum Gasteiger partial charge on any atom is -0.383 e. The molecule has 0 aliphatic carbocycles. The van der Waals surface area contributed by atoms with Crippen LogP contribution in [0.5, 0.6) is 0 Å². The number of aromatic nitrogens is 2. The van der Waals surface area contributed by atoms with Crippen molar-refractivity contribution in [3.8, 4) is 6.07 Å². The zero-order valence-corrected chi connectivity index (χ0v) is 12.2. The number of benzene rings is 1. The number of nitriles is 1. The van der Waals surface area contributed by atoms with Gasteiger partial charge in [0.2, 0.25) is 5.89 Å². The Morgan fingerprint density at radius 2 is 2.27 bits per heavy atom. The predicted molar refractivity (Wildman–Crippen MR) is 78.4 cm³/mol. The minimum absolute atomic E-state index is 0.111. The Balaban J connectivity index is 1.99. The molecule has 8 heteroatoms. The van der Waals surface area contributed by atoms with Crippen LogP contribution in [0.4, 0.5) is 11.4 Å². The minimum atomic E-state index is -0.531. The first-order valence-electron chi connectivity index (χ1n) is 6.76. The molecular formula is C14H15N5O3. The number of hydrogen-bond acceptors (Lipinski definition) is 7. The molecule has 0 fully saturated rings. The van der Waals surface area contributed by atoms with Gasteiger partial charge < -0.3 is 9.84 Å². The quantitative estimate of drug-likeness (QED) is 0.643. The molecule has 0 bridgehead atoms. The highest BCUT2D eigenvalue weighted by atomic mass is 16.6. The van der Waals surface area contributed by atoms with Gasteiger partial charge in [-0.15, -0.1) is 0 Å². The topological polar surface area (TPSA) is 118 Å². The molecule has 114 valence electrons. The van der Waals surface area contributed by atoms with E-state index in [1.54, 1.807) is 0 Å². The SMILES string of the molecule is CC(C)c1noc(CCNc2ccc([N+](=O)[O-])cc2C#N)n1. The Bertz CT molecular complexity index is 718. The first-order chi connectivity index (χ1) is 10.5. The molecule has 2 aromatic rings. The molecule has 0 unspecified atom stereocenters. The van der Waals surface area contributed by atoms with E-state index < -0.39 is 4.92 Å². The van der Waals surface area contributed by atoms with Gasteiger partial charge in [0.1, 0.15) is 6.07 Å². The molecule has 1 aromatic carbocycles. The normalized spacial score (nSPS) is 10.5. The van der Waals surface area contributed by atoms with Gasteiger partial charge in [0.25, 0.3) is 5.69 Å². The van der Waals surface area contributed by atoms with Crippen molar-refractivity contribution in [3.05, 3.63) is 45.6 Å². The second kappa shape index (κ2) is 6.67. The summed E-state index contributed by atoms with van der Waals surface area (Å²) in [4.78, 5) is 14.4. The third-order valence-corrected chi connectivity index (χ3v) is 2.99. The standard InChI is InChI=1S/C14H15N5O3/c1-9(2)14-17-13(22-18-14)5-6-16-12-4-3-11(19(20)21)7-10(12)8-15/h3-4,7,9,16H,5-6H2,1-2H3. The molecule has 1 aromatic heterocycles. The highest BCUT2D eigenvalue weighted by Gasteiger charge is 2.12. The van der Waals surface area contributed by atoms with Crippen LogP contribution in [0.3, 0.4) is 0 Å². The van der Waals surface area contributed by atoms with E-state index in [9.17, 15) is 10.1 Å². The Morgan fingerprint density at radius 1 is 1.50 bits per heavy atom. The van der Waals surface area contributed by atoms with Crippen molar-refractivity contribution < 1.29 is 9.45 Å². The second-order valence-corrected chi connectivity index (χ2v) is 4.98. The van der Waals surface area contributed by atoms with Crippen LogP contribution in [0.25, 0.3) is 0 Å². The lowest BCUT2D eigenvalue weighted by atomic mass is 10.1. The van der Waals surface area contributed by atoms with Crippen LogP contribution in [0.2, 0.25) is 0 Å². The summed E-state index contributed by atoms with van der Waals surface area (Å²) >= 11 is 0. The fraction of sp³-hybridized carbons (Fsp3) is 0.357. The summed E-state index contributed by atoms with van der Waals surface area (Å²) in [6, 6.07) is 6.05. The highest BCUT2D eigenvalue weighted by Crippen LogP contribution is 2.21. The van der Waals surface area contributed by atoms with Crippen molar-refractivity contribution in [1.82, 2.24) is 10.1 Å². The average molecular weight is 301 g/mol. The molecule has 0 aliphatic heterocycles. The number of nitro groups is 1. The van der Waals surface area contributed by atoms with E-state index >= 15 is 0 Å². The smallest absolute Gasteiger partial charge is 0.270 e. The molecule has 0 saturated carbocycles. The lowest BCUT2D eigenvalue weighted by Crippen LogP contribution is -2.07.